The summed E-state index contributed by atoms with van der Waals surface area (Å²) in [5, 5.41) is 3.17. The van der Waals surface area contributed by atoms with E-state index in [0.717, 1.165) is 23.4 Å². The van der Waals surface area contributed by atoms with Crippen molar-refractivity contribution in [2.75, 3.05) is 57.2 Å². The summed E-state index contributed by atoms with van der Waals surface area (Å²) in [5.41, 5.74) is 2.24. The lowest BCUT2D eigenvalue weighted by atomic mass is 10.1. The second-order valence-corrected chi connectivity index (χ2v) is 11.0. The molecule has 0 bridgehead atoms. The van der Waals surface area contributed by atoms with E-state index in [2.05, 4.69) is 20.2 Å². The smallest absolute Gasteiger partial charge is 0.258 e. The highest BCUT2D eigenvalue weighted by molar-refractivity contribution is 6.04. The first kappa shape index (κ1) is 31.1. The number of hydrogen-bond acceptors (Lipinski definition) is 8. The van der Waals surface area contributed by atoms with Crippen LogP contribution in [0.2, 0.25) is 0 Å². The highest BCUT2D eigenvalue weighted by Gasteiger charge is 2.34. The molecule has 4 aromatic rings. The lowest BCUT2D eigenvalue weighted by Crippen LogP contribution is -2.47. The van der Waals surface area contributed by atoms with Gasteiger partial charge in [-0.2, -0.15) is 0 Å². The highest BCUT2D eigenvalue weighted by Crippen LogP contribution is 2.37. The summed E-state index contributed by atoms with van der Waals surface area (Å²) in [6, 6.07) is 13.9. The van der Waals surface area contributed by atoms with Gasteiger partial charge in [0, 0.05) is 37.8 Å². The monoisotopic (exact) mass is 636 g/mol. The van der Waals surface area contributed by atoms with Gasteiger partial charge in [-0.05, 0) is 42.5 Å². The number of anilines is 3. The Balaban J connectivity index is 1.29. The molecule has 0 radical (unpaired) electrons. The summed E-state index contributed by atoms with van der Waals surface area (Å²) in [4.78, 5) is 28.3. The number of nitrogens with one attached hydrogen (secondary N) is 1. The third-order valence-electron chi connectivity index (χ3n) is 8.15. The fourth-order valence-electron chi connectivity index (χ4n) is 5.82. The first-order valence-electron chi connectivity index (χ1n) is 14.7. The molecule has 1 fully saturated rings. The third kappa shape index (κ3) is 6.41. The van der Waals surface area contributed by atoms with Gasteiger partial charge in [0.2, 0.25) is 0 Å². The third-order valence-corrected chi connectivity index (χ3v) is 8.15. The number of carbonyl (C=O) groups is 1. The second kappa shape index (κ2) is 13.2. The molecule has 2 aromatic carbocycles. The van der Waals surface area contributed by atoms with Gasteiger partial charge in [0.1, 0.15) is 29.0 Å². The molecule has 0 spiro atoms. The Morgan fingerprint density at radius 1 is 0.935 bits per heavy atom. The van der Waals surface area contributed by atoms with Crippen LogP contribution in [-0.4, -0.2) is 79.0 Å². The summed E-state index contributed by atoms with van der Waals surface area (Å²) in [5.74, 6) is -0.326. The van der Waals surface area contributed by atoms with Gasteiger partial charge < -0.3 is 24.6 Å². The zero-order valence-corrected chi connectivity index (χ0v) is 25.3. The fraction of sp³-hybridized carbons (Fsp3) is 0.303. The predicted molar refractivity (Wildman–Crippen MR) is 165 cm³/mol. The number of benzene rings is 2. The topological polar surface area (TPSA) is 83.1 Å². The predicted octanol–water partition coefficient (Wildman–Crippen LogP) is 5.73. The molecule has 9 nitrogen and oxygen atoms in total. The first-order chi connectivity index (χ1) is 22.2. The number of aromatic nitrogens is 2. The molecule has 1 amide bonds. The first-order valence-corrected chi connectivity index (χ1v) is 14.7. The Labute approximate surface area is 263 Å². The highest BCUT2D eigenvalue weighted by atomic mass is 19.3. The Morgan fingerprint density at radius 3 is 2.35 bits per heavy atom. The number of hydrogen-bond donors (Lipinski definition) is 1. The maximum Gasteiger partial charge on any atom is 0.258 e. The van der Waals surface area contributed by atoms with E-state index in [4.69, 9.17) is 9.47 Å². The van der Waals surface area contributed by atoms with Crippen LogP contribution in [0.15, 0.2) is 60.8 Å². The molecule has 0 atom stereocenters. The van der Waals surface area contributed by atoms with Crippen molar-refractivity contribution in [3.63, 3.8) is 0 Å². The molecule has 2 aromatic heterocycles. The minimum atomic E-state index is -2.37. The van der Waals surface area contributed by atoms with Crippen molar-refractivity contribution in [2.45, 2.75) is 19.5 Å². The van der Waals surface area contributed by atoms with Gasteiger partial charge in [-0.25, -0.2) is 27.5 Å². The molecule has 46 heavy (non-hydrogen) atoms. The molecule has 6 rings (SSSR count). The number of amides is 1. The molecule has 2 aliphatic rings. The van der Waals surface area contributed by atoms with E-state index < -0.39 is 18.1 Å². The van der Waals surface area contributed by atoms with Gasteiger partial charge in [0.15, 0.2) is 0 Å². The Hall–Kier alpha value is -4.91. The summed E-state index contributed by atoms with van der Waals surface area (Å²) < 4.78 is 66.1. The van der Waals surface area contributed by atoms with Crippen LogP contribution >= 0.6 is 0 Å². The molecule has 4 heterocycles. The number of pyridine rings is 2. The lowest BCUT2D eigenvalue weighted by Gasteiger charge is -2.35. The Morgan fingerprint density at radius 2 is 1.70 bits per heavy atom. The van der Waals surface area contributed by atoms with Crippen LogP contribution in [0.4, 0.5) is 34.8 Å². The maximum atomic E-state index is 14.9. The van der Waals surface area contributed by atoms with E-state index in [1.165, 1.54) is 19.2 Å². The van der Waals surface area contributed by atoms with Crippen LogP contribution < -0.4 is 19.7 Å². The van der Waals surface area contributed by atoms with Crippen LogP contribution in [-0.2, 0) is 13.1 Å². The number of piperazine rings is 1. The van der Waals surface area contributed by atoms with E-state index in [0.29, 0.717) is 54.9 Å². The average Bonchev–Trinajstić information content (AvgIpc) is 3.36. The number of methoxy groups -OCH3 is 2. The van der Waals surface area contributed by atoms with Crippen molar-refractivity contribution >= 4 is 23.1 Å². The molecule has 0 saturated carbocycles. The summed E-state index contributed by atoms with van der Waals surface area (Å²) >= 11 is 0. The maximum absolute atomic E-state index is 14.9. The summed E-state index contributed by atoms with van der Waals surface area (Å²) in [7, 11) is 3.08. The molecule has 240 valence electrons. The molecule has 1 N–H and O–H groups in total. The largest absolute Gasteiger partial charge is 0.497 e. The average molecular weight is 637 g/mol. The molecule has 1 saturated heterocycles. The van der Waals surface area contributed by atoms with E-state index in [1.54, 1.807) is 41.3 Å². The van der Waals surface area contributed by atoms with E-state index in [1.807, 2.05) is 12.1 Å². The van der Waals surface area contributed by atoms with Crippen LogP contribution in [0.3, 0.4) is 0 Å². The molecule has 2 aliphatic heterocycles. The van der Waals surface area contributed by atoms with Gasteiger partial charge in [0.05, 0.1) is 73.9 Å². The van der Waals surface area contributed by atoms with Crippen molar-refractivity contribution in [3.8, 4) is 22.8 Å². The minimum absolute atomic E-state index is 0.0341. The Kier molecular flexibility index (Phi) is 8.93. The van der Waals surface area contributed by atoms with E-state index in [-0.39, 0.29) is 42.4 Å². The number of rotatable bonds is 10. The summed E-state index contributed by atoms with van der Waals surface area (Å²) in [6.45, 7) is 2.26. The zero-order valence-electron chi connectivity index (χ0n) is 25.3. The quantitative estimate of drug-likeness (QED) is 0.221. The summed E-state index contributed by atoms with van der Waals surface area (Å²) in [6.07, 6.45) is -0.707. The van der Waals surface area contributed by atoms with Crippen molar-refractivity contribution in [1.29, 1.82) is 0 Å². The van der Waals surface area contributed by atoms with Crippen molar-refractivity contribution in [3.05, 3.63) is 89.2 Å². The zero-order chi connectivity index (χ0) is 32.4. The lowest BCUT2D eigenvalue weighted by molar-refractivity contribution is 0.0765. The number of nitrogens with zero attached hydrogens (tertiary/aromatic N) is 5. The fourth-order valence-corrected chi connectivity index (χ4v) is 5.82. The molecule has 13 heteroatoms. The van der Waals surface area contributed by atoms with Crippen molar-refractivity contribution < 1.29 is 31.8 Å². The molecular formula is C33H32F4N6O3. The molecular weight excluding hydrogens is 604 g/mol. The normalized spacial score (nSPS) is 15.0. The number of halogens is 4. The van der Waals surface area contributed by atoms with Crippen LogP contribution in [0.5, 0.6) is 11.5 Å². The Bertz CT molecular complexity index is 1710. The number of ether oxygens (including phenoxy) is 2. The SMILES string of the molecule is COc1ccc(CN2Cc3nc(-c4c(F)cccc4F)cc(Nc4ccc(N5CCN(CC(F)F)CC5)cn4)c3C2=O)c(OC)c1. The number of fused-ring (bicyclic) bond motifs is 1. The molecule has 0 aliphatic carbocycles. The van der Waals surface area contributed by atoms with E-state index >= 15 is 0 Å². The van der Waals surface area contributed by atoms with Crippen LogP contribution in [0.25, 0.3) is 11.3 Å². The molecule has 0 unspecified atom stereocenters. The van der Waals surface area contributed by atoms with Crippen LogP contribution in [0, 0.1) is 11.6 Å². The second-order valence-electron chi connectivity index (χ2n) is 11.0. The van der Waals surface area contributed by atoms with Gasteiger partial charge in [-0.15, -0.1) is 0 Å². The van der Waals surface area contributed by atoms with Crippen LogP contribution in [0.1, 0.15) is 21.6 Å². The standard InChI is InChI=1S/C33H32F4N6O3/c1-45-22-8-6-20(28(14-22)46-2)17-43-18-27-32(33(43)44)26(15-25(39-27)31-23(34)4-3-5-24(31)35)40-30-9-7-21(16-38-30)42-12-10-41(11-13-42)19-29(36)37/h3-9,14-16,29H,10-13,17-19H2,1-2H3,(H,38,39,40). The number of carbonyl (C=O) groups excluding carboxylic acids is 1. The van der Waals surface area contributed by atoms with Gasteiger partial charge >= 0.3 is 0 Å². The van der Waals surface area contributed by atoms with E-state index in [9.17, 15) is 22.4 Å². The van der Waals surface area contributed by atoms with Gasteiger partial charge in [-0.3, -0.25) is 9.69 Å². The van der Waals surface area contributed by atoms with Gasteiger partial charge in [0.25, 0.3) is 12.3 Å². The van der Waals surface area contributed by atoms with Gasteiger partial charge in [-0.1, -0.05) is 6.07 Å². The van der Waals surface area contributed by atoms with Crippen molar-refractivity contribution in [2.24, 2.45) is 0 Å². The number of alkyl halides is 2. The van der Waals surface area contributed by atoms with Crippen molar-refractivity contribution in [1.82, 2.24) is 19.8 Å². The minimum Gasteiger partial charge on any atom is -0.497 e.